The lowest BCUT2D eigenvalue weighted by Crippen LogP contribution is -2.37. The van der Waals surface area contributed by atoms with Gasteiger partial charge < -0.3 is 19.9 Å². The third-order valence-corrected chi connectivity index (χ3v) is 3.65. The van der Waals surface area contributed by atoms with Crippen LogP contribution >= 0.6 is 0 Å². The molecule has 0 aliphatic heterocycles. The van der Waals surface area contributed by atoms with E-state index in [9.17, 15) is 0 Å². The van der Waals surface area contributed by atoms with Gasteiger partial charge in [0.1, 0.15) is 18.1 Å². The van der Waals surface area contributed by atoms with E-state index in [0.717, 1.165) is 35.7 Å². The Hall–Kier alpha value is -2.24. The van der Waals surface area contributed by atoms with Gasteiger partial charge in [0.25, 0.3) is 0 Å². The highest BCUT2D eigenvalue weighted by atomic mass is 16.5. The van der Waals surface area contributed by atoms with Crippen LogP contribution in [0.15, 0.2) is 23.2 Å². The molecular weight excluding hydrogens is 266 g/mol. The topological polar surface area (TPSA) is 68.7 Å². The monoisotopic (exact) mass is 289 g/mol. The summed E-state index contributed by atoms with van der Waals surface area (Å²) < 4.78 is 7.26. The fourth-order valence-corrected chi connectivity index (χ4v) is 2.30. The van der Waals surface area contributed by atoms with Crippen molar-refractivity contribution < 1.29 is 4.74 Å². The van der Waals surface area contributed by atoms with Crippen LogP contribution in [0, 0.1) is 0 Å². The van der Waals surface area contributed by atoms with Crippen LogP contribution in [0.25, 0.3) is 11.0 Å². The molecule has 0 atom stereocenters. The summed E-state index contributed by atoms with van der Waals surface area (Å²) in [6.45, 7) is 6.30. The predicted octanol–water partition coefficient (Wildman–Crippen LogP) is 1.74. The average Bonchev–Trinajstić information content (AvgIpc) is 2.82. The zero-order valence-corrected chi connectivity index (χ0v) is 13.1. The van der Waals surface area contributed by atoms with Crippen LogP contribution in [0.3, 0.4) is 0 Å². The molecule has 6 nitrogen and oxygen atoms in total. The van der Waals surface area contributed by atoms with Gasteiger partial charge in [-0.2, -0.15) is 0 Å². The zero-order valence-electron chi connectivity index (χ0n) is 13.1. The second-order valence-corrected chi connectivity index (χ2v) is 4.79. The molecule has 0 radical (unpaired) electrons. The largest absolute Gasteiger partial charge is 0.497 e. The van der Waals surface area contributed by atoms with E-state index in [1.54, 1.807) is 7.11 Å². The van der Waals surface area contributed by atoms with Crippen LogP contribution in [-0.2, 0) is 13.6 Å². The number of aromatic nitrogens is 2. The van der Waals surface area contributed by atoms with Crippen molar-refractivity contribution >= 4 is 17.0 Å². The first-order chi connectivity index (χ1) is 10.1. The number of imidazole rings is 1. The summed E-state index contributed by atoms with van der Waals surface area (Å²) in [5.41, 5.74) is 7.96. The summed E-state index contributed by atoms with van der Waals surface area (Å²) in [7, 11) is 3.64. The fraction of sp³-hybridized carbons (Fsp3) is 0.467. The van der Waals surface area contributed by atoms with Crippen molar-refractivity contribution in [1.82, 2.24) is 14.5 Å². The number of hydrogen-bond acceptors (Lipinski definition) is 3. The van der Waals surface area contributed by atoms with Gasteiger partial charge in [0.05, 0.1) is 18.1 Å². The summed E-state index contributed by atoms with van der Waals surface area (Å²) >= 11 is 0. The number of aryl methyl sites for hydroxylation is 1. The summed E-state index contributed by atoms with van der Waals surface area (Å²) in [5, 5.41) is 0. The molecule has 0 fully saturated rings. The van der Waals surface area contributed by atoms with Gasteiger partial charge in [0.2, 0.25) is 0 Å². The molecule has 1 aromatic heterocycles. The first-order valence-corrected chi connectivity index (χ1v) is 7.14. The molecule has 0 spiro atoms. The molecular formula is C15H23N5O. The summed E-state index contributed by atoms with van der Waals surface area (Å²) in [6.07, 6.45) is 0. The lowest BCUT2D eigenvalue weighted by Gasteiger charge is -2.19. The third kappa shape index (κ3) is 3.09. The lowest BCUT2D eigenvalue weighted by molar-refractivity contribution is 0.415. The normalized spacial score (nSPS) is 11.9. The zero-order chi connectivity index (χ0) is 15.4. The Labute approximate surface area is 125 Å². The van der Waals surface area contributed by atoms with Crippen molar-refractivity contribution in [3.8, 4) is 5.75 Å². The van der Waals surface area contributed by atoms with Crippen molar-refractivity contribution in [2.24, 2.45) is 17.8 Å². The summed E-state index contributed by atoms with van der Waals surface area (Å²) in [6, 6.07) is 5.86. The minimum absolute atomic E-state index is 0.468. The number of rotatable bonds is 5. The molecule has 0 amide bonds. The van der Waals surface area contributed by atoms with Gasteiger partial charge in [-0.3, -0.25) is 0 Å². The van der Waals surface area contributed by atoms with E-state index in [1.807, 2.05) is 34.7 Å². The second-order valence-electron chi connectivity index (χ2n) is 4.79. The SMILES string of the molecule is CCN(CC)C(N)=NCc1nc2cc(OC)ccc2n1C. The molecule has 2 N–H and O–H groups in total. The maximum Gasteiger partial charge on any atom is 0.191 e. The van der Waals surface area contributed by atoms with Crippen LogP contribution in [0.5, 0.6) is 5.75 Å². The van der Waals surface area contributed by atoms with E-state index < -0.39 is 0 Å². The van der Waals surface area contributed by atoms with Crippen LogP contribution in [-0.4, -0.2) is 40.6 Å². The number of fused-ring (bicyclic) bond motifs is 1. The van der Waals surface area contributed by atoms with Gasteiger partial charge in [-0.1, -0.05) is 0 Å². The Morgan fingerprint density at radius 1 is 1.38 bits per heavy atom. The predicted molar refractivity (Wildman–Crippen MR) is 85.5 cm³/mol. The molecule has 0 unspecified atom stereocenters. The van der Waals surface area contributed by atoms with Crippen molar-refractivity contribution in [2.75, 3.05) is 20.2 Å². The number of hydrogen-bond donors (Lipinski definition) is 1. The van der Waals surface area contributed by atoms with Gasteiger partial charge in [-0.25, -0.2) is 9.98 Å². The van der Waals surface area contributed by atoms with E-state index in [4.69, 9.17) is 10.5 Å². The Kier molecular flexibility index (Phi) is 4.67. The smallest absolute Gasteiger partial charge is 0.191 e. The molecule has 0 aliphatic rings. The highest BCUT2D eigenvalue weighted by molar-refractivity contribution is 5.79. The Morgan fingerprint density at radius 3 is 2.71 bits per heavy atom. The average molecular weight is 289 g/mol. The molecule has 1 heterocycles. The van der Waals surface area contributed by atoms with E-state index in [-0.39, 0.29) is 0 Å². The Balaban J connectivity index is 2.26. The van der Waals surface area contributed by atoms with Gasteiger partial charge >= 0.3 is 0 Å². The number of ether oxygens (including phenoxy) is 1. The van der Waals surface area contributed by atoms with Gasteiger partial charge in [0.15, 0.2) is 5.96 Å². The van der Waals surface area contributed by atoms with Crippen LogP contribution in [0.2, 0.25) is 0 Å². The number of methoxy groups -OCH3 is 1. The minimum atomic E-state index is 0.468. The minimum Gasteiger partial charge on any atom is -0.497 e. The van der Waals surface area contributed by atoms with Crippen molar-refractivity contribution in [2.45, 2.75) is 20.4 Å². The molecule has 0 aliphatic carbocycles. The fourth-order valence-electron chi connectivity index (χ4n) is 2.30. The van der Waals surface area contributed by atoms with Gasteiger partial charge in [-0.15, -0.1) is 0 Å². The van der Waals surface area contributed by atoms with Crippen molar-refractivity contribution in [3.05, 3.63) is 24.0 Å². The van der Waals surface area contributed by atoms with E-state index >= 15 is 0 Å². The summed E-state index contributed by atoms with van der Waals surface area (Å²) in [4.78, 5) is 11.1. The molecule has 0 bridgehead atoms. The molecule has 21 heavy (non-hydrogen) atoms. The number of nitrogens with zero attached hydrogens (tertiary/aromatic N) is 4. The summed E-state index contributed by atoms with van der Waals surface area (Å²) in [5.74, 6) is 2.25. The standard InChI is InChI=1S/C15H23N5O/c1-5-20(6-2)15(16)17-10-14-18-12-9-11(21-4)7-8-13(12)19(14)3/h7-9H,5-6,10H2,1-4H3,(H2,16,17). The van der Waals surface area contributed by atoms with E-state index in [2.05, 4.69) is 23.8 Å². The second kappa shape index (κ2) is 6.47. The van der Waals surface area contributed by atoms with Crippen molar-refractivity contribution in [3.63, 3.8) is 0 Å². The molecule has 2 rings (SSSR count). The molecule has 2 aromatic rings. The van der Waals surface area contributed by atoms with Gasteiger partial charge in [0, 0.05) is 26.2 Å². The number of nitrogens with two attached hydrogens (primary N) is 1. The lowest BCUT2D eigenvalue weighted by atomic mass is 10.3. The maximum atomic E-state index is 6.00. The maximum absolute atomic E-state index is 6.00. The molecule has 1 aromatic carbocycles. The van der Waals surface area contributed by atoms with Crippen molar-refractivity contribution in [1.29, 1.82) is 0 Å². The third-order valence-electron chi connectivity index (χ3n) is 3.65. The highest BCUT2D eigenvalue weighted by Gasteiger charge is 2.09. The van der Waals surface area contributed by atoms with Crippen LogP contribution in [0.4, 0.5) is 0 Å². The molecule has 6 heteroatoms. The number of guanidine groups is 1. The Bertz CT molecular complexity index is 643. The molecule has 0 saturated heterocycles. The number of aliphatic imine (C=N–C) groups is 1. The van der Waals surface area contributed by atoms with E-state index in [0.29, 0.717) is 12.5 Å². The first-order valence-electron chi connectivity index (χ1n) is 7.14. The quantitative estimate of drug-likeness (QED) is 0.672. The van der Waals surface area contributed by atoms with E-state index in [1.165, 1.54) is 0 Å². The molecule has 114 valence electrons. The first kappa shape index (κ1) is 15.2. The number of benzene rings is 1. The van der Waals surface area contributed by atoms with Crippen LogP contribution in [0.1, 0.15) is 19.7 Å². The van der Waals surface area contributed by atoms with Gasteiger partial charge in [-0.05, 0) is 26.0 Å². The van der Waals surface area contributed by atoms with Crippen LogP contribution < -0.4 is 10.5 Å². The highest BCUT2D eigenvalue weighted by Crippen LogP contribution is 2.21. The Morgan fingerprint density at radius 2 is 2.10 bits per heavy atom. The molecule has 0 saturated carbocycles.